The lowest BCUT2D eigenvalue weighted by molar-refractivity contribution is -0.121. The number of methoxy groups -OCH3 is 1. The summed E-state index contributed by atoms with van der Waals surface area (Å²) in [7, 11) is 1.62. The maximum atomic E-state index is 12.0. The molecule has 0 spiro atoms. The molecule has 134 valence electrons. The monoisotopic (exact) mass is 343 g/mol. The van der Waals surface area contributed by atoms with Crippen molar-refractivity contribution in [1.82, 2.24) is 15.1 Å². The molecule has 2 rings (SSSR count). The van der Waals surface area contributed by atoms with Gasteiger partial charge in [-0.25, -0.2) is 4.68 Å². The van der Waals surface area contributed by atoms with Crippen LogP contribution in [0.4, 0.5) is 0 Å². The largest absolute Gasteiger partial charge is 0.497 e. The molecule has 0 bridgehead atoms. The molecule has 1 amide bonds. The SMILES string of the molecule is CCC(C)NC(=O)CCCn1nc(-c2ccc(OC)cc2)ccc1=O. The number of hydrogen-bond acceptors (Lipinski definition) is 4. The van der Waals surface area contributed by atoms with E-state index in [9.17, 15) is 9.59 Å². The third-order valence-corrected chi connectivity index (χ3v) is 4.05. The number of ether oxygens (including phenoxy) is 1. The summed E-state index contributed by atoms with van der Waals surface area (Å²) < 4.78 is 6.56. The number of aryl methyl sites for hydroxylation is 1. The van der Waals surface area contributed by atoms with Crippen LogP contribution in [0.25, 0.3) is 11.3 Å². The van der Waals surface area contributed by atoms with Crippen LogP contribution in [0.15, 0.2) is 41.2 Å². The Hall–Kier alpha value is -2.63. The van der Waals surface area contributed by atoms with Gasteiger partial charge in [-0.1, -0.05) is 6.92 Å². The summed E-state index contributed by atoms with van der Waals surface area (Å²) in [5, 5.41) is 7.32. The molecule has 1 heterocycles. The highest BCUT2D eigenvalue weighted by Crippen LogP contribution is 2.19. The van der Waals surface area contributed by atoms with Gasteiger partial charge in [0.05, 0.1) is 12.8 Å². The maximum absolute atomic E-state index is 12.0. The van der Waals surface area contributed by atoms with Crippen molar-refractivity contribution in [3.8, 4) is 17.0 Å². The Morgan fingerprint density at radius 1 is 1.24 bits per heavy atom. The Morgan fingerprint density at radius 3 is 2.60 bits per heavy atom. The molecule has 0 aliphatic rings. The normalized spacial score (nSPS) is 11.8. The molecule has 2 aromatic rings. The molecule has 0 aliphatic heterocycles. The molecule has 1 aromatic carbocycles. The standard InChI is InChI=1S/C19H25N3O3/c1-4-14(2)20-18(23)6-5-13-22-19(24)12-11-17(21-22)15-7-9-16(25-3)10-8-15/h7-12,14H,4-6,13H2,1-3H3,(H,20,23). The molecule has 1 N–H and O–H groups in total. The van der Waals surface area contributed by atoms with E-state index < -0.39 is 0 Å². The van der Waals surface area contributed by atoms with Crippen molar-refractivity contribution >= 4 is 5.91 Å². The number of amides is 1. The minimum absolute atomic E-state index is 0.00806. The third kappa shape index (κ3) is 5.45. The van der Waals surface area contributed by atoms with E-state index in [4.69, 9.17) is 4.74 Å². The topological polar surface area (TPSA) is 73.2 Å². The second-order valence-electron chi connectivity index (χ2n) is 5.99. The van der Waals surface area contributed by atoms with Crippen LogP contribution in [0.5, 0.6) is 5.75 Å². The smallest absolute Gasteiger partial charge is 0.266 e. The lowest BCUT2D eigenvalue weighted by Crippen LogP contribution is -2.32. The zero-order valence-corrected chi connectivity index (χ0v) is 15.0. The van der Waals surface area contributed by atoms with E-state index in [-0.39, 0.29) is 17.5 Å². The Labute approximate surface area is 147 Å². The van der Waals surface area contributed by atoms with Crippen LogP contribution in [0.3, 0.4) is 0 Å². The van der Waals surface area contributed by atoms with Gasteiger partial charge in [-0.2, -0.15) is 5.10 Å². The van der Waals surface area contributed by atoms with E-state index in [1.807, 2.05) is 38.1 Å². The van der Waals surface area contributed by atoms with Gasteiger partial charge in [0, 0.05) is 30.6 Å². The average molecular weight is 343 g/mol. The van der Waals surface area contributed by atoms with Crippen LogP contribution in [-0.2, 0) is 11.3 Å². The van der Waals surface area contributed by atoms with Crippen molar-refractivity contribution in [1.29, 1.82) is 0 Å². The van der Waals surface area contributed by atoms with Crippen LogP contribution >= 0.6 is 0 Å². The van der Waals surface area contributed by atoms with Crippen molar-refractivity contribution in [2.24, 2.45) is 0 Å². The summed E-state index contributed by atoms with van der Waals surface area (Å²) in [6.07, 6.45) is 1.85. The highest BCUT2D eigenvalue weighted by molar-refractivity contribution is 5.76. The van der Waals surface area contributed by atoms with Gasteiger partial charge in [0.2, 0.25) is 5.91 Å². The second-order valence-corrected chi connectivity index (χ2v) is 5.99. The Kier molecular flexibility index (Phi) is 6.74. The second kappa shape index (κ2) is 9.01. The molecule has 6 heteroatoms. The minimum atomic E-state index is -0.167. The molecule has 6 nitrogen and oxygen atoms in total. The zero-order chi connectivity index (χ0) is 18.2. The summed E-state index contributed by atoms with van der Waals surface area (Å²) >= 11 is 0. The Morgan fingerprint density at radius 2 is 1.96 bits per heavy atom. The number of nitrogens with one attached hydrogen (secondary N) is 1. The van der Waals surface area contributed by atoms with Gasteiger partial charge < -0.3 is 10.1 Å². The maximum Gasteiger partial charge on any atom is 0.266 e. The van der Waals surface area contributed by atoms with Crippen molar-refractivity contribution in [3.05, 3.63) is 46.8 Å². The Bertz CT molecular complexity index is 753. The van der Waals surface area contributed by atoms with Crippen LogP contribution in [0.1, 0.15) is 33.1 Å². The number of hydrogen-bond donors (Lipinski definition) is 1. The van der Waals surface area contributed by atoms with Crippen LogP contribution in [0.2, 0.25) is 0 Å². The summed E-state index contributed by atoms with van der Waals surface area (Å²) in [5.41, 5.74) is 1.45. The molecule has 0 saturated carbocycles. The van der Waals surface area contributed by atoms with E-state index in [2.05, 4.69) is 10.4 Å². The molecule has 1 unspecified atom stereocenters. The van der Waals surface area contributed by atoms with Gasteiger partial charge in [0.25, 0.3) is 5.56 Å². The summed E-state index contributed by atoms with van der Waals surface area (Å²) in [6, 6.07) is 10.9. The summed E-state index contributed by atoms with van der Waals surface area (Å²) in [4.78, 5) is 23.8. The quantitative estimate of drug-likeness (QED) is 0.800. The molecule has 1 aromatic heterocycles. The van der Waals surface area contributed by atoms with Gasteiger partial charge in [-0.3, -0.25) is 9.59 Å². The fourth-order valence-corrected chi connectivity index (χ4v) is 2.36. The van der Waals surface area contributed by atoms with Crippen LogP contribution < -0.4 is 15.6 Å². The third-order valence-electron chi connectivity index (χ3n) is 4.05. The first-order chi connectivity index (χ1) is 12.0. The fourth-order valence-electron chi connectivity index (χ4n) is 2.36. The average Bonchev–Trinajstić information content (AvgIpc) is 2.63. The first-order valence-electron chi connectivity index (χ1n) is 8.55. The summed E-state index contributed by atoms with van der Waals surface area (Å²) in [5.74, 6) is 0.776. The molecule has 0 fully saturated rings. The molecule has 1 atom stereocenters. The van der Waals surface area contributed by atoms with Gasteiger partial charge >= 0.3 is 0 Å². The molecule has 25 heavy (non-hydrogen) atoms. The molecule has 0 aliphatic carbocycles. The van der Waals surface area contributed by atoms with E-state index in [1.54, 1.807) is 13.2 Å². The fraction of sp³-hybridized carbons (Fsp3) is 0.421. The highest BCUT2D eigenvalue weighted by Gasteiger charge is 2.07. The number of nitrogens with zero attached hydrogens (tertiary/aromatic N) is 2. The first-order valence-corrected chi connectivity index (χ1v) is 8.55. The van der Waals surface area contributed by atoms with E-state index in [1.165, 1.54) is 10.7 Å². The van der Waals surface area contributed by atoms with E-state index >= 15 is 0 Å². The first kappa shape index (κ1) is 18.7. The van der Waals surface area contributed by atoms with Crippen molar-refractivity contribution in [3.63, 3.8) is 0 Å². The van der Waals surface area contributed by atoms with E-state index in [0.29, 0.717) is 25.1 Å². The van der Waals surface area contributed by atoms with Crippen molar-refractivity contribution in [2.75, 3.05) is 7.11 Å². The number of carbonyl (C=O) groups excluding carboxylic acids is 1. The lowest BCUT2D eigenvalue weighted by Gasteiger charge is -2.11. The van der Waals surface area contributed by atoms with Crippen LogP contribution in [0, 0.1) is 0 Å². The van der Waals surface area contributed by atoms with Crippen molar-refractivity contribution < 1.29 is 9.53 Å². The summed E-state index contributed by atoms with van der Waals surface area (Å²) in [6.45, 7) is 4.41. The Balaban J connectivity index is 2.01. The van der Waals surface area contributed by atoms with E-state index in [0.717, 1.165) is 17.7 Å². The number of rotatable bonds is 8. The van der Waals surface area contributed by atoms with Gasteiger partial charge in [-0.15, -0.1) is 0 Å². The highest BCUT2D eigenvalue weighted by atomic mass is 16.5. The zero-order valence-electron chi connectivity index (χ0n) is 15.0. The van der Waals surface area contributed by atoms with Gasteiger partial charge in [0.15, 0.2) is 0 Å². The molecule has 0 saturated heterocycles. The number of carbonyl (C=O) groups is 1. The number of benzene rings is 1. The van der Waals surface area contributed by atoms with Crippen molar-refractivity contribution in [2.45, 2.75) is 45.7 Å². The lowest BCUT2D eigenvalue weighted by atomic mass is 10.1. The predicted octanol–water partition coefficient (Wildman–Crippen LogP) is 2.61. The van der Waals surface area contributed by atoms with Gasteiger partial charge in [0.1, 0.15) is 5.75 Å². The molecular weight excluding hydrogens is 318 g/mol. The van der Waals surface area contributed by atoms with Gasteiger partial charge in [-0.05, 0) is 50.1 Å². The molecule has 0 radical (unpaired) electrons. The molecular formula is C19H25N3O3. The van der Waals surface area contributed by atoms with Crippen LogP contribution in [-0.4, -0.2) is 28.8 Å². The number of aromatic nitrogens is 2. The minimum Gasteiger partial charge on any atom is -0.497 e. The predicted molar refractivity (Wildman–Crippen MR) is 97.6 cm³/mol.